The molecule has 7 heteroatoms. The second kappa shape index (κ2) is 12.1. The van der Waals surface area contributed by atoms with Crippen molar-refractivity contribution in [1.82, 2.24) is 0 Å². The van der Waals surface area contributed by atoms with Gasteiger partial charge in [0.15, 0.2) is 5.78 Å². The molecule has 3 saturated heterocycles. The van der Waals surface area contributed by atoms with Crippen LogP contribution < -0.4 is 14.2 Å². The molecule has 0 spiro atoms. The molecule has 7 rings (SSSR count). The zero-order chi connectivity index (χ0) is 28.3. The maximum Gasteiger partial charge on any atom is 0.185 e. The Kier molecular flexibility index (Phi) is 7.79. The largest absolute Gasteiger partial charge is 0.491 e. The van der Waals surface area contributed by atoms with E-state index in [1.165, 1.54) is 5.56 Å². The third kappa shape index (κ3) is 7.29. The average Bonchev–Trinajstić information content (AvgIpc) is 3.87. The predicted molar refractivity (Wildman–Crippen MR) is 158 cm³/mol. The molecule has 0 N–H and O–H groups in total. The Bertz CT molecular complexity index is 1360. The van der Waals surface area contributed by atoms with E-state index in [1.807, 2.05) is 72.8 Å². The molecule has 216 valence electrons. The summed E-state index contributed by atoms with van der Waals surface area (Å²) >= 11 is 0. The molecule has 0 amide bonds. The third-order valence-corrected chi connectivity index (χ3v) is 7.82. The van der Waals surface area contributed by atoms with Gasteiger partial charge in [-0.2, -0.15) is 0 Å². The Morgan fingerprint density at radius 1 is 0.571 bits per heavy atom. The van der Waals surface area contributed by atoms with E-state index >= 15 is 0 Å². The number of carbonyl (C=O) groups is 1. The predicted octanol–water partition coefficient (Wildman–Crippen LogP) is 5.63. The first-order chi connectivity index (χ1) is 20.6. The van der Waals surface area contributed by atoms with Crippen LogP contribution in [0.3, 0.4) is 0 Å². The van der Waals surface area contributed by atoms with Crippen LogP contribution in [0.5, 0.6) is 17.2 Å². The van der Waals surface area contributed by atoms with Gasteiger partial charge in [0.25, 0.3) is 0 Å². The molecular formula is C35H34O7. The molecule has 3 aliphatic heterocycles. The number of allylic oxidation sites excluding steroid dienone is 2. The van der Waals surface area contributed by atoms with Gasteiger partial charge in [-0.1, -0.05) is 36.4 Å². The molecule has 4 atom stereocenters. The van der Waals surface area contributed by atoms with Crippen molar-refractivity contribution in [3.05, 3.63) is 101 Å². The number of ketones is 1. The van der Waals surface area contributed by atoms with Crippen LogP contribution in [0.15, 0.2) is 83.9 Å². The maximum atomic E-state index is 13.8. The molecule has 1 aliphatic carbocycles. The first kappa shape index (κ1) is 27.0. The van der Waals surface area contributed by atoms with Gasteiger partial charge in [0.05, 0.1) is 19.8 Å². The first-order valence-corrected chi connectivity index (χ1v) is 14.6. The van der Waals surface area contributed by atoms with Crippen molar-refractivity contribution in [1.29, 1.82) is 0 Å². The Balaban J connectivity index is 1.11. The summed E-state index contributed by atoms with van der Waals surface area (Å²) in [6, 6.07) is 24.0. The highest BCUT2D eigenvalue weighted by Crippen LogP contribution is 2.39. The van der Waals surface area contributed by atoms with Crippen LogP contribution >= 0.6 is 0 Å². The van der Waals surface area contributed by atoms with Gasteiger partial charge in [-0.3, -0.25) is 4.79 Å². The lowest BCUT2D eigenvalue weighted by atomic mass is 9.76. The number of epoxide rings is 3. The monoisotopic (exact) mass is 566 g/mol. The minimum absolute atomic E-state index is 0.0908. The van der Waals surface area contributed by atoms with Gasteiger partial charge in [-0.25, -0.2) is 0 Å². The highest BCUT2D eigenvalue weighted by molar-refractivity contribution is 6.14. The molecule has 4 fully saturated rings. The van der Waals surface area contributed by atoms with Crippen LogP contribution in [0.1, 0.15) is 35.4 Å². The fraction of sp³-hybridized carbons (Fsp3) is 0.343. The summed E-state index contributed by atoms with van der Waals surface area (Å²) in [5.41, 5.74) is 4.73. The maximum absolute atomic E-state index is 13.8. The zero-order valence-electron chi connectivity index (χ0n) is 23.4. The van der Waals surface area contributed by atoms with Crippen molar-refractivity contribution < 1.29 is 33.2 Å². The number of hydrogen-bond acceptors (Lipinski definition) is 7. The van der Waals surface area contributed by atoms with Crippen LogP contribution in [0.25, 0.3) is 12.2 Å². The van der Waals surface area contributed by atoms with E-state index in [4.69, 9.17) is 28.4 Å². The molecule has 4 unspecified atom stereocenters. The first-order valence-electron chi connectivity index (χ1n) is 14.6. The number of Topliss-reactive ketones (excluding diaryl/α,β-unsaturated/α-hetero) is 1. The molecule has 7 nitrogen and oxygen atoms in total. The average molecular weight is 567 g/mol. The van der Waals surface area contributed by atoms with E-state index < -0.39 is 0 Å². The Morgan fingerprint density at radius 3 is 1.29 bits per heavy atom. The lowest BCUT2D eigenvalue weighted by Gasteiger charge is -2.26. The van der Waals surface area contributed by atoms with E-state index in [0.717, 1.165) is 59.3 Å². The summed E-state index contributed by atoms with van der Waals surface area (Å²) in [7, 11) is 0. The lowest BCUT2D eigenvalue weighted by molar-refractivity contribution is -0.113. The fourth-order valence-corrected chi connectivity index (χ4v) is 5.10. The Morgan fingerprint density at radius 2 is 0.929 bits per heavy atom. The van der Waals surface area contributed by atoms with Gasteiger partial charge in [0.1, 0.15) is 55.4 Å². The van der Waals surface area contributed by atoms with Gasteiger partial charge in [0, 0.05) is 11.1 Å². The molecule has 0 bridgehead atoms. The number of carbonyl (C=O) groups excluding carboxylic acids is 1. The molecule has 0 radical (unpaired) electrons. The molecule has 0 aromatic heterocycles. The molecule has 3 heterocycles. The highest BCUT2D eigenvalue weighted by Gasteiger charge is 2.29. The summed E-state index contributed by atoms with van der Waals surface area (Å²) in [6.07, 6.45) is 6.00. The van der Waals surface area contributed by atoms with E-state index in [0.29, 0.717) is 32.7 Å². The van der Waals surface area contributed by atoms with Gasteiger partial charge in [-0.15, -0.1) is 0 Å². The molecule has 1 saturated carbocycles. The van der Waals surface area contributed by atoms with Crippen LogP contribution in [0, 0.1) is 0 Å². The van der Waals surface area contributed by atoms with E-state index in [2.05, 4.69) is 12.1 Å². The normalized spacial score (nSPS) is 26.2. The van der Waals surface area contributed by atoms with E-state index in [-0.39, 0.29) is 30.0 Å². The van der Waals surface area contributed by atoms with Crippen molar-refractivity contribution in [3.63, 3.8) is 0 Å². The second-order valence-corrected chi connectivity index (χ2v) is 11.3. The molecule has 42 heavy (non-hydrogen) atoms. The topological polar surface area (TPSA) is 82.4 Å². The molecular weight excluding hydrogens is 532 g/mol. The standard InChI is InChI=1S/C35H34O7/c36-35-27(13-23-1-7-29(8-2-23)37-17-32-20-40-32)15-26(25-5-11-31(12-6-25)39-19-34-22-42-34)16-28(35)14-24-3-9-30(10-4-24)38-18-33-21-41-33/h1-14,26,32-34H,15-22H2/b27-13-,28-14+. The van der Waals surface area contributed by atoms with Crippen molar-refractivity contribution in [3.8, 4) is 17.2 Å². The number of hydrogen-bond donors (Lipinski definition) is 0. The fourth-order valence-electron chi connectivity index (χ4n) is 5.10. The number of benzene rings is 3. The van der Waals surface area contributed by atoms with Crippen molar-refractivity contribution in [2.45, 2.75) is 37.1 Å². The van der Waals surface area contributed by atoms with Crippen LogP contribution in [0.2, 0.25) is 0 Å². The lowest BCUT2D eigenvalue weighted by Crippen LogP contribution is -2.19. The van der Waals surface area contributed by atoms with E-state index in [9.17, 15) is 4.79 Å². The van der Waals surface area contributed by atoms with Crippen LogP contribution in [0.4, 0.5) is 0 Å². The van der Waals surface area contributed by atoms with Crippen molar-refractivity contribution >= 4 is 17.9 Å². The van der Waals surface area contributed by atoms with Gasteiger partial charge < -0.3 is 28.4 Å². The summed E-state index contributed by atoms with van der Waals surface area (Å²) in [6.45, 7) is 4.01. The van der Waals surface area contributed by atoms with Gasteiger partial charge in [-0.05, 0) is 84.0 Å². The Hall–Kier alpha value is -3.91. The molecule has 3 aromatic carbocycles. The minimum atomic E-state index is 0.0908. The SMILES string of the molecule is O=C1/C(=C\c2ccc(OCC3CO3)cc2)CC(c2ccc(OCC3CO3)cc2)C/C1=C\c1ccc(OCC2CO2)cc1. The summed E-state index contributed by atoms with van der Waals surface area (Å²) in [5.74, 6) is 2.69. The summed E-state index contributed by atoms with van der Waals surface area (Å²) < 4.78 is 33.1. The highest BCUT2D eigenvalue weighted by atomic mass is 16.6. The van der Waals surface area contributed by atoms with Gasteiger partial charge >= 0.3 is 0 Å². The number of ether oxygens (including phenoxy) is 6. The molecule has 3 aromatic rings. The number of rotatable bonds is 12. The molecule has 4 aliphatic rings. The quantitative estimate of drug-likeness (QED) is 0.208. The van der Waals surface area contributed by atoms with Crippen molar-refractivity contribution in [2.75, 3.05) is 39.6 Å². The zero-order valence-corrected chi connectivity index (χ0v) is 23.4. The summed E-state index contributed by atoms with van der Waals surface area (Å²) in [4.78, 5) is 13.8. The minimum Gasteiger partial charge on any atom is -0.491 e. The van der Waals surface area contributed by atoms with Gasteiger partial charge in [0.2, 0.25) is 0 Å². The van der Waals surface area contributed by atoms with E-state index in [1.54, 1.807) is 0 Å². The van der Waals surface area contributed by atoms with Crippen LogP contribution in [-0.4, -0.2) is 63.7 Å². The van der Waals surface area contributed by atoms with Crippen LogP contribution in [-0.2, 0) is 19.0 Å². The third-order valence-electron chi connectivity index (χ3n) is 7.82. The summed E-state index contributed by atoms with van der Waals surface area (Å²) in [5, 5.41) is 0. The smallest absolute Gasteiger partial charge is 0.185 e. The van der Waals surface area contributed by atoms with Crippen molar-refractivity contribution in [2.24, 2.45) is 0 Å². The second-order valence-electron chi connectivity index (χ2n) is 11.3. The Labute approximate surface area is 245 Å².